The Bertz CT molecular complexity index is 428. The summed E-state index contributed by atoms with van der Waals surface area (Å²) in [5.74, 6) is 1.10. The van der Waals surface area contributed by atoms with Crippen LogP contribution in [0.4, 0.5) is 5.82 Å². The molecule has 1 aromatic rings. The van der Waals surface area contributed by atoms with Crippen LogP contribution in [0.15, 0.2) is 0 Å². The number of aldehydes is 1. The molecule has 1 aromatic heterocycles. The van der Waals surface area contributed by atoms with Gasteiger partial charge in [-0.3, -0.25) is 0 Å². The highest BCUT2D eigenvalue weighted by Gasteiger charge is 2.22. The Morgan fingerprint density at radius 1 is 1.61 bits per heavy atom. The summed E-state index contributed by atoms with van der Waals surface area (Å²) in [6, 6.07) is -0.419. The van der Waals surface area contributed by atoms with Crippen molar-refractivity contribution in [3.8, 4) is 0 Å². The van der Waals surface area contributed by atoms with Gasteiger partial charge in [0.1, 0.15) is 12.1 Å². The van der Waals surface area contributed by atoms with Gasteiger partial charge >= 0.3 is 0 Å². The van der Waals surface area contributed by atoms with Crippen molar-refractivity contribution < 1.29 is 9.53 Å². The molecule has 6 heteroatoms. The fourth-order valence-electron chi connectivity index (χ4n) is 2.25. The van der Waals surface area contributed by atoms with Crippen LogP contribution in [-0.2, 0) is 29.1 Å². The first-order chi connectivity index (χ1) is 8.63. The predicted molar refractivity (Wildman–Crippen MR) is 68.6 cm³/mol. The molecule has 0 spiro atoms. The molecule has 2 N–H and O–H groups in total. The number of nitrogens with zero attached hydrogens (tertiary/aromatic N) is 3. The van der Waals surface area contributed by atoms with E-state index >= 15 is 0 Å². The van der Waals surface area contributed by atoms with E-state index in [1.165, 1.54) is 5.56 Å². The Morgan fingerprint density at radius 3 is 3.06 bits per heavy atom. The minimum atomic E-state index is -0.419. The zero-order valence-corrected chi connectivity index (χ0v) is 10.9. The van der Waals surface area contributed by atoms with E-state index in [-0.39, 0.29) is 0 Å². The number of aryl methyl sites for hydroxylation is 1. The van der Waals surface area contributed by atoms with Crippen LogP contribution >= 0.6 is 0 Å². The van der Waals surface area contributed by atoms with E-state index in [0.717, 1.165) is 30.8 Å². The van der Waals surface area contributed by atoms with Crippen LogP contribution in [0, 0.1) is 0 Å². The van der Waals surface area contributed by atoms with Gasteiger partial charge in [0.05, 0.1) is 24.9 Å². The van der Waals surface area contributed by atoms with E-state index < -0.39 is 6.04 Å². The average molecular weight is 252 g/mol. The number of anilines is 1. The zero-order valence-electron chi connectivity index (χ0n) is 10.9. The lowest BCUT2D eigenvalue weighted by Crippen LogP contribution is -2.25. The number of fused-ring (bicyclic) bond motifs is 1. The molecule has 2 rings (SSSR count). The topological polar surface area (TPSA) is 73.4 Å². The second-order valence-electron chi connectivity index (χ2n) is 4.76. The summed E-state index contributed by atoms with van der Waals surface area (Å²) in [5.41, 5.74) is 7.88. The molecular formula is C12H20N4O2. The zero-order chi connectivity index (χ0) is 13.1. The summed E-state index contributed by atoms with van der Waals surface area (Å²) in [4.78, 5) is 12.6. The Labute approximate surface area is 107 Å². The molecule has 1 aliphatic rings. The number of nitrogens with two attached hydrogens (primary N) is 1. The van der Waals surface area contributed by atoms with Gasteiger partial charge in [-0.2, -0.15) is 5.10 Å². The van der Waals surface area contributed by atoms with Crippen molar-refractivity contribution in [2.24, 2.45) is 5.73 Å². The molecule has 0 aliphatic carbocycles. The smallest absolute Gasteiger partial charge is 0.136 e. The monoisotopic (exact) mass is 252 g/mol. The third-order valence-corrected chi connectivity index (χ3v) is 3.11. The Hall–Kier alpha value is -1.40. The molecule has 0 fully saturated rings. The predicted octanol–water partition coefficient (Wildman–Crippen LogP) is -0.0619. The van der Waals surface area contributed by atoms with Crippen LogP contribution in [0.1, 0.15) is 17.7 Å². The molecule has 1 unspecified atom stereocenters. The van der Waals surface area contributed by atoms with E-state index in [0.29, 0.717) is 19.6 Å². The third kappa shape index (κ3) is 2.54. The van der Waals surface area contributed by atoms with E-state index in [1.807, 2.05) is 18.8 Å². The van der Waals surface area contributed by atoms with Crippen molar-refractivity contribution in [3.05, 3.63) is 11.3 Å². The van der Waals surface area contributed by atoms with E-state index in [4.69, 9.17) is 10.5 Å². The average Bonchev–Trinajstić information content (AvgIpc) is 2.74. The molecule has 1 atom stereocenters. The van der Waals surface area contributed by atoms with Crippen LogP contribution in [-0.4, -0.2) is 42.8 Å². The van der Waals surface area contributed by atoms with Gasteiger partial charge in [-0.1, -0.05) is 0 Å². The van der Waals surface area contributed by atoms with Gasteiger partial charge in [0, 0.05) is 32.6 Å². The maximum absolute atomic E-state index is 10.6. The maximum atomic E-state index is 10.6. The molecule has 18 heavy (non-hydrogen) atoms. The van der Waals surface area contributed by atoms with Crippen LogP contribution in [0.3, 0.4) is 0 Å². The van der Waals surface area contributed by atoms with Gasteiger partial charge in [0.2, 0.25) is 0 Å². The van der Waals surface area contributed by atoms with Crippen molar-refractivity contribution in [1.29, 1.82) is 0 Å². The first kappa shape index (κ1) is 13.0. The largest absolute Gasteiger partial charge is 0.375 e. The second kappa shape index (κ2) is 5.49. The molecule has 0 bridgehead atoms. The summed E-state index contributed by atoms with van der Waals surface area (Å²) in [7, 11) is 4.01. The maximum Gasteiger partial charge on any atom is 0.136 e. The quantitative estimate of drug-likeness (QED) is 0.743. The summed E-state index contributed by atoms with van der Waals surface area (Å²) in [5, 5.41) is 4.56. The van der Waals surface area contributed by atoms with E-state index in [2.05, 4.69) is 10.00 Å². The van der Waals surface area contributed by atoms with Crippen molar-refractivity contribution in [3.63, 3.8) is 0 Å². The summed E-state index contributed by atoms with van der Waals surface area (Å²) < 4.78 is 7.35. The lowest BCUT2D eigenvalue weighted by Gasteiger charge is -2.19. The summed E-state index contributed by atoms with van der Waals surface area (Å²) in [6.07, 6.45) is 2.27. The fourth-order valence-corrected chi connectivity index (χ4v) is 2.25. The molecule has 0 saturated heterocycles. The van der Waals surface area contributed by atoms with Crippen LogP contribution in [0.2, 0.25) is 0 Å². The Kier molecular flexibility index (Phi) is 3.98. The molecule has 0 aromatic carbocycles. The molecule has 1 aliphatic heterocycles. The third-order valence-electron chi connectivity index (χ3n) is 3.11. The molecule has 100 valence electrons. The van der Waals surface area contributed by atoms with Gasteiger partial charge in [0.25, 0.3) is 0 Å². The highest BCUT2D eigenvalue weighted by Crippen LogP contribution is 2.27. The van der Waals surface area contributed by atoms with Gasteiger partial charge in [-0.25, -0.2) is 4.68 Å². The highest BCUT2D eigenvalue weighted by molar-refractivity contribution is 5.57. The number of hydrogen-bond acceptors (Lipinski definition) is 5. The van der Waals surface area contributed by atoms with E-state index in [9.17, 15) is 4.79 Å². The first-order valence-corrected chi connectivity index (χ1v) is 6.18. The Morgan fingerprint density at radius 2 is 2.39 bits per heavy atom. The summed E-state index contributed by atoms with van der Waals surface area (Å²) >= 11 is 0. The van der Waals surface area contributed by atoms with Crippen LogP contribution in [0.5, 0.6) is 0 Å². The minimum Gasteiger partial charge on any atom is -0.375 e. The van der Waals surface area contributed by atoms with Crippen molar-refractivity contribution in [2.45, 2.75) is 32.0 Å². The fraction of sp³-hybridized carbons (Fsp3) is 0.667. The lowest BCUT2D eigenvalue weighted by atomic mass is 10.1. The lowest BCUT2D eigenvalue weighted by molar-refractivity contribution is -0.109. The number of rotatable bonds is 5. The molecule has 0 radical (unpaired) electrons. The standard InChI is InChI=1S/C12H20N4O2/c1-15(2)12-10-4-6-18-8-11(10)14-16(12)5-3-9(13)7-17/h7,9H,3-6,8,13H2,1-2H3. The minimum absolute atomic E-state index is 0.419. The Balaban J connectivity index is 2.23. The van der Waals surface area contributed by atoms with E-state index in [1.54, 1.807) is 0 Å². The van der Waals surface area contributed by atoms with Crippen LogP contribution in [0.25, 0.3) is 0 Å². The first-order valence-electron chi connectivity index (χ1n) is 6.18. The van der Waals surface area contributed by atoms with Gasteiger partial charge in [-0.05, 0) is 6.42 Å². The van der Waals surface area contributed by atoms with Crippen LogP contribution < -0.4 is 10.6 Å². The molecule has 0 amide bonds. The van der Waals surface area contributed by atoms with Crippen molar-refractivity contribution >= 4 is 12.1 Å². The SMILES string of the molecule is CN(C)c1c2c(nn1CCC(N)C=O)COCC2. The highest BCUT2D eigenvalue weighted by atomic mass is 16.5. The number of aromatic nitrogens is 2. The van der Waals surface area contributed by atoms with Gasteiger partial charge in [0.15, 0.2) is 0 Å². The number of carbonyl (C=O) groups excluding carboxylic acids is 1. The number of ether oxygens (including phenoxy) is 1. The normalized spacial score (nSPS) is 16.2. The molecule has 0 saturated carbocycles. The second-order valence-corrected chi connectivity index (χ2v) is 4.76. The van der Waals surface area contributed by atoms with Crippen molar-refractivity contribution in [1.82, 2.24) is 9.78 Å². The van der Waals surface area contributed by atoms with Gasteiger partial charge < -0.3 is 20.2 Å². The van der Waals surface area contributed by atoms with Gasteiger partial charge in [-0.15, -0.1) is 0 Å². The molecule has 6 nitrogen and oxygen atoms in total. The number of hydrogen-bond donors (Lipinski definition) is 1. The molecular weight excluding hydrogens is 232 g/mol. The summed E-state index contributed by atoms with van der Waals surface area (Å²) in [6.45, 7) is 1.97. The molecule has 2 heterocycles. The number of carbonyl (C=O) groups is 1. The van der Waals surface area contributed by atoms with Crippen molar-refractivity contribution in [2.75, 3.05) is 25.6 Å².